The minimum Gasteiger partial charge on any atom is -0.741 e. The molecule has 1 saturated heterocycles. The monoisotopic (exact) mass is 826 g/mol. The van der Waals surface area contributed by atoms with Crippen molar-refractivity contribution in [1.82, 2.24) is 14.6 Å². The summed E-state index contributed by atoms with van der Waals surface area (Å²) in [6.45, 7) is 14.9. The molecule has 2 atom stereocenters. The number of hydrogen-bond acceptors (Lipinski definition) is 12. The van der Waals surface area contributed by atoms with Crippen molar-refractivity contribution in [1.29, 1.82) is 0 Å². The van der Waals surface area contributed by atoms with Gasteiger partial charge in [0.25, 0.3) is 11.8 Å². The van der Waals surface area contributed by atoms with Crippen LogP contribution in [0.15, 0.2) is 60.9 Å². The molecule has 16 nitrogen and oxygen atoms in total. The second-order valence-corrected chi connectivity index (χ2v) is 16.9. The number of nitrogens with zero attached hydrogens (tertiary/aromatic N) is 4. The fourth-order valence-corrected chi connectivity index (χ4v) is 5.55. The number of rotatable bonds is 9. The maximum absolute atomic E-state index is 13.1. The first-order chi connectivity index (χ1) is 26.1. The van der Waals surface area contributed by atoms with Gasteiger partial charge in [-0.15, -0.1) is 9.75 Å². The number of imide groups is 1. The Balaban J connectivity index is 0.000000812. The number of aryl methyl sites for hydroxylation is 1. The van der Waals surface area contributed by atoms with E-state index in [1.54, 1.807) is 49.9 Å². The van der Waals surface area contributed by atoms with Gasteiger partial charge >= 0.3 is 17.6 Å². The van der Waals surface area contributed by atoms with Gasteiger partial charge in [0.2, 0.25) is 12.3 Å². The molecule has 3 aromatic rings. The predicted octanol–water partition coefficient (Wildman–Crippen LogP) is 4.72. The lowest BCUT2D eigenvalue weighted by atomic mass is 10.1. The predicted molar refractivity (Wildman–Crippen MR) is 192 cm³/mol. The standard InChI is InChI=1S/C36H45N4O9.CHF3O3S/c1-34(2,3)47-32(43)29(49-40-30(41)27-12-10-11-13-28(27)31(40)42)22-45-25-16-14-23(15-17-25)24-18-37(9)38(19-24)20-26-21-39(36(7,8)46-26)33(44)48-35(4,5)6;2-1(3,4)8(5,6)7/h10-19,26,29H,20-22H2,1-9H3;(H,5,6,7)/q+1;/p-1/t26?,29-;/m0./s1. The van der Waals surface area contributed by atoms with Crippen LogP contribution in [0.3, 0.4) is 0 Å². The number of fused-ring (bicyclic) bond motifs is 1. The third kappa shape index (κ3) is 11.5. The molecule has 57 heavy (non-hydrogen) atoms. The minimum absolute atomic E-state index is 0.191. The highest BCUT2D eigenvalue weighted by molar-refractivity contribution is 7.86. The van der Waals surface area contributed by atoms with Crippen molar-refractivity contribution in [3.8, 4) is 16.9 Å². The summed E-state index contributed by atoms with van der Waals surface area (Å²) < 4.78 is 86.1. The molecule has 0 radical (unpaired) electrons. The van der Waals surface area contributed by atoms with Crippen molar-refractivity contribution in [2.45, 2.75) is 96.6 Å². The molecule has 3 heterocycles. The zero-order chi connectivity index (χ0) is 42.9. The molecule has 5 rings (SSSR count). The normalized spacial score (nSPS) is 17.5. The molecular formula is C37H45F3N4O12S. The molecule has 0 spiro atoms. The summed E-state index contributed by atoms with van der Waals surface area (Å²) in [6, 6.07) is 13.6. The van der Waals surface area contributed by atoms with E-state index >= 15 is 0 Å². The first-order valence-corrected chi connectivity index (χ1v) is 18.8. The highest BCUT2D eigenvalue weighted by Crippen LogP contribution is 2.30. The van der Waals surface area contributed by atoms with Crippen LogP contribution in [0.25, 0.3) is 11.1 Å². The number of aromatic nitrogens is 2. The van der Waals surface area contributed by atoms with Crippen LogP contribution in [0.5, 0.6) is 5.75 Å². The Morgan fingerprint density at radius 2 is 1.46 bits per heavy atom. The van der Waals surface area contributed by atoms with Gasteiger partial charge in [-0.05, 0) is 85.2 Å². The molecular weight excluding hydrogens is 781 g/mol. The van der Waals surface area contributed by atoms with E-state index in [1.807, 2.05) is 75.6 Å². The second-order valence-electron chi connectivity index (χ2n) is 15.5. The first kappa shape index (κ1) is 44.7. The fraction of sp³-hybridized carbons (Fsp3) is 0.486. The van der Waals surface area contributed by atoms with Crippen molar-refractivity contribution in [2.75, 3.05) is 13.2 Å². The molecule has 312 valence electrons. The topological polar surface area (TPSA) is 187 Å². The van der Waals surface area contributed by atoms with Crippen LogP contribution in [-0.2, 0) is 47.6 Å². The number of hydrogen-bond donors (Lipinski definition) is 0. The van der Waals surface area contributed by atoms with Crippen LogP contribution in [0.1, 0.15) is 76.1 Å². The van der Waals surface area contributed by atoms with Crippen molar-refractivity contribution in [3.05, 3.63) is 72.1 Å². The van der Waals surface area contributed by atoms with E-state index in [0.717, 1.165) is 11.1 Å². The number of carbonyl (C=O) groups is 4. The van der Waals surface area contributed by atoms with Crippen LogP contribution >= 0.6 is 0 Å². The Morgan fingerprint density at radius 1 is 0.930 bits per heavy atom. The van der Waals surface area contributed by atoms with E-state index < -0.39 is 62.5 Å². The number of alkyl halides is 3. The lowest BCUT2D eigenvalue weighted by Gasteiger charge is -2.31. The average Bonchev–Trinajstić information content (AvgIpc) is 3.66. The van der Waals surface area contributed by atoms with Crippen molar-refractivity contribution in [2.24, 2.45) is 7.05 Å². The minimum atomic E-state index is -6.09. The number of hydroxylamine groups is 2. The molecule has 1 unspecified atom stereocenters. The Bertz CT molecular complexity index is 2050. The summed E-state index contributed by atoms with van der Waals surface area (Å²) in [5.74, 6) is -1.67. The highest BCUT2D eigenvalue weighted by Gasteiger charge is 2.45. The number of halogens is 3. The smallest absolute Gasteiger partial charge is 0.485 e. The number of amides is 3. The van der Waals surface area contributed by atoms with E-state index in [2.05, 4.69) is 0 Å². The molecule has 0 aliphatic carbocycles. The lowest BCUT2D eigenvalue weighted by Crippen LogP contribution is -2.46. The highest BCUT2D eigenvalue weighted by atomic mass is 32.2. The summed E-state index contributed by atoms with van der Waals surface area (Å²) in [4.78, 5) is 58.9. The van der Waals surface area contributed by atoms with Gasteiger partial charge in [-0.2, -0.15) is 17.9 Å². The second kappa shape index (κ2) is 16.4. The Morgan fingerprint density at radius 3 is 1.95 bits per heavy atom. The third-order valence-electron chi connectivity index (χ3n) is 8.05. The maximum Gasteiger partial charge on any atom is 0.485 e. The summed E-state index contributed by atoms with van der Waals surface area (Å²) in [5.41, 5.74) is -5.67. The molecule has 3 amide bonds. The van der Waals surface area contributed by atoms with Gasteiger partial charge in [0.15, 0.2) is 17.2 Å². The molecule has 0 bridgehead atoms. The van der Waals surface area contributed by atoms with Gasteiger partial charge in [-0.1, -0.05) is 24.3 Å². The van der Waals surface area contributed by atoms with Crippen LogP contribution in [0, 0.1) is 0 Å². The molecule has 0 N–H and O–H groups in total. The molecule has 2 aromatic carbocycles. The van der Waals surface area contributed by atoms with E-state index in [1.165, 1.54) is 12.1 Å². The Hall–Kier alpha value is -5.05. The molecule has 2 aliphatic rings. The van der Waals surface area contributed by atoms with E-state index in [-0.39, 0.29) is 23.8 Å². The van der Waals surface area contributed by atoms with Gasteiger partial charge in [0, 0.05) is 0 Å². The summed E-state index contributed by atoms with van der Waals surface area (Å²) in [6.07, 6.45) is 1.92. The third-order valence-corrected chi connectivity index (χ3v) is 8.61. The van der Waals surface area contributed by atoms with Crippen molar-refractivity contribution in [3.63, 3.8) is 0 Å². The van der Waals surface area contributed by atoms with Gasteiger partial charge in [-0.3, -0.25) is 14.5 Å². The summed E-state index contributed by atoms with van der Waals surface area (Å²) in [7, 11) is -4.16. The zero-order valence-corrected chi connectivity index (χ0v) is 33.6. The lowest BCUT2D eigenvalue weighted by molar-refractivity contribution is -0.754. The van der Waals surface area contributed by atoms with Crippen LogP contribution in [0.2, 0.25) is 0 Å². The average molecular weight is 827 g/mol. The quantitative estimate of drug-likeness (QED) is 0.0952. The molecule has 20 heteroatoms. The first-order valence-electron chi connectivity index (χ1n) is 17.4. The molecule has 2 aliphatic heterocycles. The maximum atomic E-state index is 13.1. The van der Waals surface area contributed by atoms with Gasteiger partial charge < -0.3 is 23.5 Å². The SMILES string of the molecule is C[n+]1cc(-c2ccc(OC[C@H](ON3C(=O)c4ccccc4C3=O)C(=O)OC(C)(C)C)cc2)cn1CC1CN(C(=O)OC(C)(C)C)C(C)(C)O1.O=S(=O)([O-])C(F)(F)F. The van der Waals surface area contributed by atoms with Gasteiger partial charge in [0.05, 0.1) is 29.4 Å². The van der Waals surface area contributed by atoms with Crippen LogP contribution in [-0.4, -0.2) is 99.3 Å². The molecule has 1 aromatic heterocycles. The summed E-state index contributed by atoms with van der Waals surface area (Å²) in [5, 5.41) is 0.586. The molecule has 1 fully saturated rings. The van der Waals surface area contributed by atoms with E-state index in [9.17, 15) is 32.3 Å². The van der Waals surface area contributed by atoms with E-state index in [0.29, 0.717) is 23.9 Å². The number of carbonyl (C=O) groups excluding carboxylic acids is 4. The van der Waals surface area contributed by atoms with Crippen LogP contribution in [0.4, 0.5) is 18.0 Å². The zero-order valence-electron chi connectivity index (χ0n) is 32.8. The van der Waals surface area contributed by atoms with Crippen molar-refractivity contribution < 1.29 is 73.8 Å². The summed E-state index contributed by atoms with van der Waals surface area (Å²) >= 11 is 0. The number of ether oxygens (including phenoxy) is 4. The van der Waals surface area contributed by atoms with Gasteiger partial charge in [-0.25, -0.2) is 22.8 Å². The molecule has 0 saturated carbocycles. The number of esters is 1. The fourth-order valence-electron chi connectivity index (χ4n) is 5.55. The van der Waals surface area contributed by atoms with Gasteiger partial charge in [0.1, 0.15) is 41.9 Å². The number of benzene rings is 2. The van der Waals surface area contributed by atoms with E-state index in [4.69, 9.17) is 36.8 Å². The Kier molecular flexibility index (Phi) is 12.9. The Labute approximate surface area is 327 Å². The van der Waals surface area contributed by atoms with Crippen molar-refractivity contribution >= 4 is 34.0 Å². The van der Waals surface area contributed by atoms with Crippen LogP contribution < -0.4 is 9.42 Å². The largest absolute Gasteiger partial charge is 0.741 e.